The molecule has 2 heterocycles. The van der Waals surface area contributed by atoms with Crippen molar-refractivity contribution in [2.75, 3.05) is 6.54 Å². The van der Waals surface area contributed by atoms with E-state index < -0.39 is 0 Å². The Labute approximate surface area is 134 Å². The summed E-state index contributed by atoms with van der Waals surface area (Å²) in [6.07, 6.45) is 5.21. The molecule has 0 radical (unpaired) electrons. The Balaban J connectivity index is 1.90. The fraction of sp³-hybridized carbons (Fsp3) is 0.400. The Hall–Kier alpha value is -1.54. The first-order valence-electron chi connectivity index (χ1n) is 8.73. The van der Waals surface area contributed by atoms with Gasteiger partial charge in [0, 0.05) is 11.5 Å². The predicted octanol–water partition coefficient (Wildman–Crippen LogP) is 4.46. The average Bonchev–Trinajstić information content (AvgIpc) is 3.18. The summed E-state index contributed by atoms with van der Waals surface area (Å²) in [6.45, 7) is 4.37. The highest BCUT2D eigenvalue weighted by atomic mass is 15.2. The van der Waals surface area contributed by atoms with Crippen LogP contribution < -0.4 is 0 Å². The molecule has 0 saturated carbocycles. The van der Waals surface area contributed by atoms with Gasteiger partial charge in [-0.3, -0.25) is 0 Å². The lowest BCUT2D eigenvalue weighted by atomic mass is 9.51. The van der Waals surface area contributed by atoms with Crippen molar-refractivity contribution in [3.05, 3.63) is 71.8 Å². The molecule has 0 bridgehead atoms. The molecule has 2 aromatic carbocycles. The first-order valence-corrected chi connectivity index (χ1v) is 8.73. The summed E-state index contributed by atoms with van der Waals surface area (Å²) in [4.78, 5) is 2.81. The van der Waals surface area contributed by atoms with E-state index in [0.29, 0.717) is 6.04 Å². The van der Waals surface area contributed by atoms with Crippen LogP contribution in [0.15, 0.2) is 60.7 Å². The Morgan fingerprint density at radius 1 is 1.00 bits per heavy atom. The topological polar surface area (TPSA) is 3.24 Å². The molecule has 0 aromatic heterocycles. The second-order valence-electron chi connectivity index (χ2n) is 6.87. The van der Waals surface area contributed by atoms with Gasteiger partial charge in [0.1, 0.15) is 0 Å². The van der Waals surface area contributed by atoms with Crippen LogP contribution >= 0.6 is 0 Å². The molecule has 1 nitrogen and oxygen atoms in total. The number of hydrogen-bond donors (Lipinski definition) is 0. The molecule has 4 rings (SSSR count). The van der Waals surface area contributed by atoms with Crippen LogP contribution in [-0.4, -0.2) is 24.2 Å². The van der Waals surface area contributed by atoms with E-state index in [1.807, 2.05) is 0 Å². The van der Waals surface area contributed by atoms with Crippen LogP contribution in [0.4, 0.5) is 0 Å². The molecule has 112 valence electrons. The monoisotopic (exact) mass is 289 g/mol. The van der Waals surface area contributed by atoms with Crippen molar-refractivity contribution in [2.24, 2.45) is 0 Å². The van der Waals surface area contributed by atoms with Gasteiger partial charge in [0.25, 0.3) is 0 Å². The highest BCUT2D eigenvalue weighted by Crippen LogP contribution is 2.52. The smallest absolute Gasteiger partial charge is 0.224 e. The Morgan fingerprint density at radius 2 is 1.59 bits per heavy atom. The fourth-order valence-corrected chi connectivity index (χ4v) is 5.02. The van der Waals surface area contributed by atoms with Crippen molar-refractivity contribution < 1.29 is 0 Å². The molecule has 2 fully saturated rings. The summed E-state index contributed by atoms with van der Waals surface area (Å²) in [5.74, 6) is 0. The molecule has 0 N–H and O–H groups in total. The molecule has 2 aliphatic heterocycles. The van der Waals surface area contributed by atoms with Gasteiger partial charge < -0.3 is 4.81 Å². The minimum Gasteiger partial charge on any atom is -0.338 e. The summed E-state index contributed by atoms with van der Waals surface area (Å²) in [7, 11) is 0. The van der Waals surface area contributed by atoms with Gasteiger partial charge in [-0.15, -0.1) is 0 Å². The minimum atomic E-state index is 0.180. The van der Waals surface area contributed by atoms with E-state index >= 15 is 0 Å². The molecule has 2 saturated heterocycles. The Kier molecular flexibility index (Phi) is 3.58. The average molecular weight is 289 g/mol. The molecular weight excluding hydrogens is 265 g/mol. The zero-order valence-corrected chi connectivity index (χ0v) is 13.4. The van der Waals surface area contributed by atoms with E-state index in [9.17, 15) is 0 Å². The van der Waals surface area contributed by atoms with Gasteiger partial charge in [0.2, 0.25) is 6.85 Å². The molecule has 0 unspecified atom stereocenters. The van der Waals surface area contributed by atoms with E-state index in [2.05, 4.69) is 72.4 Å². The molecule has 2 aliphatic rings. The molecule has 0 amide bonds. The SMILES string of the molecule is CCB1CC(c2ccccc2)(c2ccccc2)[C@H]2CCCN12. The summed E-state index contributed by atoms with van der Waals surface area (Å²) in [6, 6.07) is 23.2. The summed E-state index contributed by atoms with van der Waals surface area (Å²) < 4.78 is 0. The third-order valence-electron chi connectivity index (χ3n) is 5.94. The van der Waals surface area contributed by atoms with E-state index in [-0.39, 0.29) is 5.41 Å². The van der Waals surface area contributed by atoms with Gasteiger partial charge in [-0.2, -0.15) is 0 Å². The fourth-order valence-electron chi connectivity index (χ4n) is 5.02. The second kappa shape index (κ2) is 5.59. The number of nitrogens with zero attached hydrogens (tertiary/aromatic N) is 1. The van der Waals surface area contributed by atoms with Crippen LogP contribution in [0.2, 0.25) is 12.6 Å². The zero-order valence-electron chi connectivity index (χ0n) is 13.4. The normalized spacial score (nSPS) is 23.7. The number of fused-ring (bicyclic) bond motifs is 1. The zero-order chi connectivity index (χ0) is 15.0. The highest BCUT2D eigenvalue weighted by Gasteiger charge is 2.55. The maximum Gasteiger partial charge on any atom is 0.224 e. The maximum atomic E-state index is 2.81. The van der Waals surface area contributed by atoms with Crippen molar-refractivity contribution in [2.45, 2.75) is 43.9 Å². The molecule has 0 spiro atoms. The molecule has 2 aromatic rings. The molecule has 1 atom stereocenters. The lowest BCUT2D eigenvalue weighted by molar-refractivity contribution is 0.338. The van der Waals surface area contributed by atoms with Crippen molar-refractivity contribution in [1.29, 1.82) is 0 Å². The minimum absolute atomic E-state index is 0.180. The first-order chi connectivity index (χ1) is 10.9. The number of hydrogen-bond acceptors (Lipinski definition) is 1. The van der Waals surface area contributed by atoms with E-state index in [4.69, 9.17) is 0 Å². The van der Waals surface area contributed by atoms with Crippen LogP contribution in [0.1, 0.15) is 30.9 Å². The van der Waals surface area contributed by atoms with Crippen LogP contribution in [-0.2, 0) is 5.41 Å². The molecule has 22 heavy (non-hydrogen) atoms. The molecular formula is C20H24BN. The van der Waals surface area contributed by atoms with Gasteiger partial charge >= 0.3 is 0 Å². The van der Waals surface area contributed by atoms with Gasteiger partial charge in [-0.25, -0.2) is 0 Å². The molecule has 2 heteroatoms. The van der Waals surface area contributed by atoms with Crippen molar-refractivity contribution in [1.82, 2.24) is 4.81 Å². The van der Waals surface area contributed by atoms with Crippen LogP contribution in [0.25, 0.3) is 0 Å². The van der Waals surface area contributed by atoms with E-state index in [0.717, 1.165) is 6.85 Å². The van der Waals surface area contributed by atoms with E-state index in [1.165, 1.54) is 43.2 Å². The number of rotatable bonds is 3. The lowest BCUT2D eigenvalue weighted by Gasteiger charge is -2.37. The first kappa shape index (κ1) is 14.1. The Bertz CT molecular complexity index is 585. The third kappa shape index (κ3) is 1.97. The van der Waals surface area contributed by atoms with Crippen molar-refractivity contribution >= 4 is 6.85 Å². The summed E-state index contributed by atoms with van der Waals surface area (Å²) in [5, 5.41) is 0. The van der Waals surface area contributed by atoms with Gasteiger partial charge in [-0.05, 0) is 36.8 Å². The highest BCUT2D eigenvalue weighted by molar-refractivity contribution is 6.57. The van der Waals surface area contributed by atoms with Crippen molar-refractivity contribution in [3.63, 3.8) is 0 Å². The van der Waals surface area contributed by atoms with Gasteiger partial charge in [0.15, 0.2) is 0 Å². The maximum absolute atomic E-state index is 2.81. The van der Waals surface area contributed by atoms with Gasteiger partial charge in [0.05, 0.1) is 0 Å². The third-order valence-corrected chi connectivity index (χ3v) is 5.94. The standard InChI is InChI=1S/C20H24BN/c1-2-21-16-20(17-10-5-3-6-11-17,18-12-7-4-8-13-18)19-14-9-15-22(19)21/h3-8,10-13,19H,2,9,14-16H2,1H3/t19-/m1/s1. The largest absolute Gasteiger partial charge is 0.338 e. The molecule has 0 aliphatic carbocycles. The van der Waals surface area contributed by atoms with Crippen LogP contribution in [0, 0.1) is 0 Å². The second-order valence-corrected chi connectivity index (χ2v) is 6.87. The van der Waals surface area contributed by atoms with Crippen LogP contribution in [0.3, 0.4) is 0 Å². The summed E-state index contributed by atoms with van der Waals surface area (Å²) in [5.41, 5.74) is 3.20. The van der Waals surface area contributed by atoms with Crippen LogP contribution in [0.5, 0.6) is 0 Å². The lowest BCUT2D eigenvalue weighted by Crippen LogP contribution is -2.40. The van der Waals surface area contributed by atoms with Gasteiger partial charge in [-0.1, -0.05) is 73.9 Å². The van der Waals surface area contributed by atoms with E-state index in [1.54, 1.807) is 0 Å². The quantitative estimate of drug-likeness (QED) is 0.754. The summed E-state index contributed by atoms with van der Waals surface area (Å²) >= 11 is 0. The number of benzene rings is 2. The predicted molar refractivity (Wildman–Crippen MR) is 94.4 cm³/mol. The van der Waals surface area contributed by atoms with Crippen molar-refractivity contribution in [3.8, 4) is 0 Å². The Morgan fingerprint density at radius 3 is 2.14 bits per heavy atom.